The van der Waals surface area contributed by atoms with Gasteiger partial charge in [-0.2, -0.15) is 5.10 Å². The molecule has 2 aromatic heterocycles. The van der Waals surface area contributed by atoms with Gasteiger partial charge >= 0.3 is 5.97 Å². The summed E-state index contributed by atoms with van der Waals surface area (Å²) in [6, 6.07) is 0. The zero-order valence-corrected chi connectivity index (χ0v) is 8.86. The van der Waals surface area contributed by atoms with Gasteiger partial charge in [0.25, 0.3) is 5.82 Å². The highest BCUT2D eigenvalue weighted by molar-refractivity contribution is 5.84. The standard InChI is InChI=1S/C8H10N6O2/c1-13-6(9-4-11-13)3-14-5-10-7(12-14)8(15)16-2/h4-5H,3H2,1-2H3. The summed E-state index contributed by atoms with van der Waals surface area (Å²) in [6.07, 6.45) is 2.90. The molecule has 0 N–H and O–H groups in total. The first-order chi connectivity index (χ1) is 7.70. The summed E-state index contributed by atoms with van der Waals surface area (Å²) >= 11 is 0. The van der Waals surface area contributed by atoms with Crippen LogP contribution in [0.25, 0.3) is 0 Å². The molecule has 8 heteroatoms. The highest BCUT2D eigenvalue weighted by Crippen LogP contribution is 1.97. The van der Waals surface area contributed by atoms with E-state index in [-0.39, 0.29) is 5.82 Å². The van der Waals surface area contributed by atoms with E-state index in [4.69, 9.17) is 0 Å². The number of nitrogens with zero attached hydrogens (tertiary/aromatic N) is 6. The molecule has 0 radical (unpaired) electrons. The zero-order valence-electron chi connectivity index (χ0n) is 8.86. The van der Waals surface area contributed by atoms with Crippen molar-refractivity contribution in [3.63, 3.8) is 0 Å². The largest absolute Gasteiger partial charge is 0.463 e. The second-order valence-electron chi connectivity index (χ2n) is 3.06. The number of rotatable bonds is 3. The molecule has 16 heavy (non-hydrogen) atoms. The van der Waals surface area contributed by atoms with E-state index in [1.54, 1.807) is 11.7 Å². The van der Waals surface area contributed by atoms with E-state index < -0.39 is 5.97 Å². The Bertz CT molecular complexity index is 502. The summed E-state index contributed by atoms with van der Waals surface area (Å²) in [5, 5.41) is 7.87. The molecule has 8 nitrogen and oxygen atoms in total. The Hall–Kier alpha value is -2.25. The van der Waals surface area contributed by atoms with Crippen molar-refractivity contribution < 1.29 is 9.53 Å². The molecule has 0 saturated heterocycles. The number of carbonyl (C=O) groups is 1. The maximum atomic E-state index is 11.1. The van der Waals surface area contributed by atoms with Crippen molar-refractivity contribution in [3.8, 4) is 0 Å². The normalized spacial score (nSPS) is 10.4. The van der Waals surface area contributed by atoms with E-state index in [2.05, 4.69) is 24.9 Å². The van der Waals surface area contributed by atoms with Gasteiger partial charge in [-0.3, -0.25) is 4.68 Å². The van der Waals surface area contributed by atoms with E-state index in [0.717, 1.165) is 5.82 Å². The molecule has 2 heterocycles. The number of aryl methyl sites for hydroxylation is 1. The molecule has 2 rings (SSSR count). The Morgan fingerprint density at radius 3 is 2.94 bits per heavy atom. The molecule has 2 aromatic rings. The minimum atomic E-state index is -0.559. The van der Waals surface area contributed by atoms with E-state index in [1.807, 2.05) is 0 Å². The summed E-state index contributed by atoms with van der Waals surface area (Å²) in [7, 11) is 3.06. The molecule has 0 aliphatic rings. The maximum absolute atomic E-state index is 11.1. The minimum Gasteiger partial charge on any atom is -0.463 e. The Morgan fingerprint density at radius 2 is 2.31 bits per heavy atom. The van der Waals surface area contributed by atoms with Gasteiger partial charge < -0.3 is 4.74 Å². The van der Waals surface area contributed by atoms with Gasteiger partial charge in [0.2, 0.25) is 0 Å². The van der Waals surface area contributed by atoms with Crippen molar-refractivity contribution in [1.82, 2.24) is 29.5 Å². The molecule has 0 amide bonds. The predicted molar refractivity (Wildman–Crippen MR) is 51.5 cm³/mol. The van der Waals surface area contributed by atoms with Gasteiger partial charge in [-0.1, -0.05) is 0 Å². The lowest BCUT2D eigenvalue weighted by molar-refractivity contribution is 0.0586. The molecule has 0 spiro atoms. The highest BCUT2D eigenvalue weighted by atomic mass is 16.5. The number of aromatic nitrogens is 6. The monoisotopic (exact) mass is 222 g/mol. The van der Waals surface area contributed by atoms with Crippen LogP contribution in [0.2, 0.25) is 0 Å². The first kappa shape index (κ1) is 10.3. The minimum absolute atomic E-state index is 0.0321. The van der Waals surface area contributed by atoms with Gasteiger partial charge in [-0.05, 0) is 0 Å². The van der Waals surface area contributed by atoms with Crippen molar-refractivity contribution in [1.29, 1.82) is 0 Å². The fourth-order valence-corrected chi connectivity index (χ4v) is 1.16. The van der Waals surface area contributed by atoms with E-state index in [9.17, 15) is 4.79 Å². The molecule has 0 aliphatic carbocycles. The van der Waals surface area contributed by atoms with Gasteiger partial charge in [0.05, 0.1) is 7.11 Å². The summed E-state index contributed by atoms with van der Waals surface area (Å²) in [5.74, 6) is 0.197. The molecule has 0 fully saturated rings. The SMILES string of the molecule is COC(=O)c1ncn(Cc2ncnn2C)n1. The molecule has 84 valence electrons. The van der Waals surface area contributed by atoms with E-state index >= 15 is 0 Å². The zero-order chi connectivity index (χ0) is 11.5. The number of carbonyl (C=O) groups excluding carboxylic acids is 1. The van der Waals surface area contributed by atoms with E-state index in [0.29, 0.717) is 6.54 Å². The third-order valence-electron chi connectivity index (χ3n) is 2.01. The summed E-state index contributed by atoms with van der Waals surface area (Å²) < 4.78 is 7.62. The number of methoxy groups -OCH3 is 1. The molecule has 0 saturated carbocycles. The Balaban J connectivity index is 2.14. The van der Waals surface area contributed by atoms with Crippen LogP contribution in [-0.4, -0.2) is 42.6 Å². The van der Waals surface area contributed by atoms with E-state index in [1.165, 1.54) is 24.4 Å². The average Bonchev–Trinajstić information content (AvgIpc) is 2.89. The van der Waals surface area contributed by atoms with Gasteiger partial charge in [-0.15, -0.1) is 5.10 Å². The topological polar surface area (TPSA) is 87.7 Å². The summed E-state index contributed by atoms with van der Waals surface area (Å²) in [6.45, 7) is 0.403. The first-order valence-corrected chi connectivity index (χ1v) is 4.51. The second kappa shape index (κ2) is 4.09. The number of esters is 1. The average molecular weight is 222 g/mol. The van der Waals surface area contributed by atoms with Crippen LogP contribution in [0.1, 0.15) is 16.4 Å². The summed E-state index contributed by atoms with van der Waals surface area (Å²) in [5.41, 5.74) is 0. The van der Waals surface area contributed by atoms with Crippen LogP contribution in [0.5, 0.6) is 0 Å². The van der Waals surface area contributed by atoms with Crippen molar-refractivity contribution in [2.45, 2.75) is 6.54 Å². The molecular weight excluding hydrogens is 212 g/mol. The number of hydrogen-bond donors (Lipinski definition) is 0. The first-order valence-electron chi connectivity index (χ1n) is 4.51. The van der Waals surface area contributed by atoms with Crippen molar-refractivity contribution in [2.24, 2.45) is 7.05 Å². The van der Waals surface area contributed by atoms with Crippen LogP contribution >= 0.6 is 0 Å². The van der Waals surface area contributed by atoms with Crippen LogP contribution in [-0.2, 0) is 18.3 Å². The molecular formula is C8H10N6O2. The second-order valence-corrected chi connectivity index (χ2v) is 3.06. The van der Waals surface area contributed by atoms with Gasteiger partial charge in [-0.25, -0.2) is 19.4 Å². The van der Waals surface area contributed by atoms with Crippen LogP contribution in [0.3, 0.4) is 0 Å². The third kappa shape index (κ3) is 1.90. The third-order valence-corrected chi connectivity index (χ3v) is 2.01. The lowest BCUT2D eigenvalue weighted by Crippen LogP contribution is -2.09. The lowest BCUT2D eigenvalue weighted by Gasteiger charge is -1.98. The molecule has 0 aliphatic heterocycles. The lowest BCUT2D eigenvalue weighted by atomic mass is 10.6. The Morgan fingerprint density at radius 1 is 1.50 bits per heavy atom. The van der Waals surface area contributed by atoms with Gasteiger partial charge in [0, 0.05) is 7.05 Å². The fourth-order valence-electron chi connectivity index (χ4n) is 1.16. The van der Waals surface area contributed by atoms with Gasteiger partial charge in [0.15, 0.2) is 0 Å². The predicted octanol–water partition coefficient (Wildman–Crippen LogP) is -0.759. The number of hydrogen-bond acceptors (Lipinski definition) is 6. The summed E-state index contributed by atoms with van der Waals surface area (Å²) in [4.78, 5) is 19.0. The highest BCUT2D eigenvalue weighted by Gasteiger charge is 2.12. The van der Waals surface area contributed by atoms with Crippen LogP contribution in [0, 0.1) is 0 Å². The number of ether oxygens (including phenoxy) is 1. The van der Waals surface area contributed by atoms with Crippen LogP contribution in [0.4, 0.5) is 0 Å². The van der Waals surface area contributed by atoms with Gasteiger partial charge in [0.1, 0.15) is 25.0 Å². The molecule has 0 aromatic carbocycles. The Kier molecular flexibility index (Phi) is 2.63. The fraction of sp³-hybridized carbons (Fsp3) is 0.375. The Labute approximate surface area is 90.9 Å². The molecule has 0 unspecified atom stereocenters. The van der Waals surface area contributed by atoms with Crippen molar-refractivity contribution in [2.75, 3.05) is 7.11 Å². The smallest absolute Gasteiger partial charge is 0.377 e. The molecule has 0 atom stereocenters. The van der Waals surface area contributed by atoms with Crippen molar-refractivity contribution in [3.05, 3.63) is 24.3 Å². The van der Waals surface area contributed by atoms with Crippen molar-refractivity contribution >= 4 is 5.97 Å². The van der Waals surface area contributed by atoms with Crippen LogP contribution in [0.15, 0.2) is 12.7 Å². The van der Waals surface area contributed by atoms with Crippen LogP contribution < -0.4 is 0 Å². The molecule has 0 bridgehead atoms. The quantitative estimate of drug-likeness (QED) is 0.634. The maximum Gasteiger partial charge on any atom is 0.377 e.